The van der Waals surface area contributed by atoms with Crippen molar-refractivity contribution < 1.29 is 31.5 Å². The van der Waals surface area contributed by atoms with Crippen LogP contribution in [0, 0.1) is 17.8 Å². The van der Waals surface area contributed by atoms with Gasteiger partial charge in [0.15, 0.2) is 0 Å². The maximum absolute atomic E-state index is 14.6. The summed E-state index contributed by atoms with van der Waals surface area (Å²) in [6, 6.07) is 10.9. The van der Waals surface area contributed by atoms with Gasteiger partial charge in [-0.05, 0) is 105 Å². The molecule has 7 rings (SSSR count). The van der Waals surface area contributed by atoms with Gasteiger partial charge < -0.3 is 14.4 Å². The molecule has 3 fully saturated rings. The summed E-state index contributed by atoms with van der Waals surface area (Å²) >= 11 is 6.39. The van der Waals surface area contributed by atoms with Gasteiger partial charge in [0, 0.05) is 82.4 Å². The Hall–Kier alpha value is -2.77. The number of piperazine rings is 1. The predicted octanol–water partition coefficient (Wildman–Crippen LogP) is 6.93. The van der Waals surface area contributed by atoms with Crippen LogP contribution in [0.1, 0.15) is 80.3 Å². The molecule has 2 bridgehead atoms. The van der Waals surface area contributed by atoms with E-state index in [1.165, 1.54) is 0 Å². The standard InChI is InChI=1S/C41H55ClF2N4O5S/c1-28-7-6-15-40(52-3,27-46-19-20-47-18-16-41(43,44)23-35(47)25-46)36-13-10-32(36)24-48-17-5-4-8-30-21-34(42)12-9-33(30)26-53-38-14-11-31(22-37(38)48)39(49)45-54(50,51)29(28)2/h6,9,11-12,14-15,21-22,28-29,32,35-36H,4-5,7-8,10,13,16-20,23-27H2,1-3H3,(H,45,49)/b15-6-/t28-,29+,32-,35+,36+,40-/m0/s1. The number of benzene rings is 2. The molecule has 0 aromatic heterocycles. The van der Waals surface area contributed by atoms with E-state index in [0.717, 1.165) is 62.0 Å². The molecule has 1 N–H and O–H groups in total. The van der Waals surface area contributed by atoms with Crippen LogP contribution in [0.4, 0.5) is 14.5 Å². The first kappa shape index (κ1) is 39.5. The minimum absolute atomic E-state index is 0.0819. The van der Waals surface area contributed by atoms with Crippen LogP contribution in [0.2, 0.25) is 5.02 Å². The maximum atomic E-state index is 14.6. The fourth-order valence-corrected chi connectivity index (χ4v) is 10.8. The molecular formula is C41H55ClF2N4O5S. The first-order valence-corrected chi connectivity index (χ1v) is 21.6. The number of sulfonamides is 1. The Bertz CT molecular complexity index is 1830. The number of rotatable bonds is 3. The monoisotopic (exact) mass is 788 g/mol. The van der Waals surface area contributed by atoms with E-state index < -0.39 is 32.7 Å². The molecule has 2 aromatic rings. The van der Waals surface area contributed by atoms with Crippen LogP contribution in [-0.2, 0) is 27.8 Å². The fraction of sp³-hybridized carbons (Fsp3) is 0.634. The van der Waals surface area contributed by atoms with E-state index in [1.807, 2.05) is 31.2 Å². The van der Waals surface area contributed by atoms with Crippen LogP contribution in [0.25, 0.3) is 0 Å². The van der Waals surface area contributed by atoms with E-state index >= 15 is 0 Å². The normalized spacial score (nSPS) is 32.7. The number of alkyl halides is 2. The summed E-state index contributed by atoms with van der Waals surface area (Å²) in [6.45, 7) is 8.32. The molecule has 4 heterocycles. The number of amides is 1. The summed E-state index contributed by atoms with van der Waals surface area (Å²) in [5, 5.41) is -0.156. The van der Waals surface area contributed by atoms with E-state index in [0.29, 0.717) is 56.5 Å². The molecule has 1 aliphatic carbocycles. The molecule has 1 amide bonds. The van der Waals surface area contributed by atoms with Gasteiger partial charge >= 0.3 is 0 Å². The maximum Gasteiger partial charge on any atom is 0.264 e. The number of ether oxygens (including phenoxy) is 2. The molecule has 2 saturated heterocycles. The molecule has 5 aliphatic rings. The quantitative estimate of drug-likeness (QED) is 0.335. The zero-order valence-corrected chi connectivity index (χ0v) is 33.3. The van der Waals surface area contributed by atoms with Crippen molar-refractivity contribution in [3.63, 3.8) is 0 Å². The van der Waals surface area contributed by atoms with Crippen LogP contribution >= 0.6 is 11.6 Å². The molecule has 0 radical (unpaired) electrons. The topological polar surface area (TPSA) is 91.4 Å². The second kappa shape index (κ2) is 16.0. The summed E-state index contributed by atoms with van der Waals surface area (Å²) < 4.78 is 71.8. The van der Waals surface area contributed by atoms with Gasteiger partial charge in [-0.2, -0.15) is 0 Å². The Balaban J connectivity index is 1.24. The number of methoxy groups -OCH3 is 1. The van der Waals surface area contributed by atoms with E-state index in [2.05, 4.69) is 25.5 Å². The van der Waals surface area contributed by atoms with Gasteiger partial charge in [-0.1, -0.05) is 36.7 Å². The fourth-order valence-electron chi connectivity index (χ4n) is 9.32. The Labute approximate surface area is 324 Å². The number of halogens is 3. The molecule has 13 heteroatoms. The largest absolute Gasteiger partial charge is 0.487 e. The molecule has 4 aliphatic heterocycles. The lowest BCUT2D eigenvalue weighted by molar-refractivity contribution is -0.119. The van der Waals surface area contributed by atoms with E-state index in [4.69, 9.17) is 21.1 Å². The zero-order valence-electron chi connectivity index (χ0n) is 31.7. The number of hydrogen-bond donors (Lipinski definition) is 1. The van der Waals surface area contributed by atoms with E-state index in [1.54, 1.807) is 32.2 Å². The van der Waals surface area contributed by atoms with Gasteiger partial charge in [0.1, 0.15) is 18.0 Å². The number of allylic oxidation sites excluding steroid dienone is 1. The third-order valence-corrected chi connectivity index (χ3v) is 15.2. The number of nitrogens with one attached hydrogen (secondary N) is 1. The number of carbonyl (C=O) groups is 1. The lowest BCUT2D eigenvalue weighted by Gasteiger charge is -2.53. The molecule has 9 nitrogen and oxygen atoms in total. The Morgan fingerprint density at radius 3 is 2.63 bits per heavy atom. The van der Waals surface area contributed by atoms with Crippen LogP contribution in [0.3, 0.4) is 0 Å². The lowest BCUT2D eigenvalue weighted by atomic mass is 9.63. The molecule has 2 aromatic carbocycles. The van der Waals surface area contributed by atoms with Gasteiger partial charge in [0.25, 0.3) is 11.8 Å². The first-order chi connectivity index (χ1) is 25.8. The van der Waals surface area contributed by atoms with E-state index in [-0.39, 0.29) is 42.2 Å². The Morgan fingerprint density at radius 2 is 1.85 bits per heavy atom. The van der Waals surface area contributed by atoms with Crippen LogP contribution in [0.5, 0.6) is 5.75 Å². The van der Waals surface area contributed by atoms with Gasteiger partial charge in [-0.3, -0.25) is 14.6 Å². The number of hydrogen-bond acceptors (Lipinski definition) is 8. The third kappa shape index (κ3) is 8.48. The molecule has 0 unspecified atom stereocenters. The smallest absolute Gasteiger partial charge is 0.264 e. The Morgan fingerprint density at radius 1 is 1.02 bits per heavy atom. The third-order valence-electron chi connectivity index (χ3n) is 13.0. The summed E-state index contributed by atoms with van der Waals surface area (Å²) in [5.74, 6) is -2.61. The first-order valence-electron chi connectivity index (χ1n) is 19.7. The van der Waals surface area contributed by atoms with E-state index in [9.17, 15) is 22.0 Å². The van der Waals surface area contributed by atoms with Gasteiger partial charge in [0.2, 0.25) is 10.0 Å². The summed E-state index contributed by atoms with van der Waals surface area (Å²) in [4.78, 5) is 20.4. The van der Waals surface area contributed by atoms with Crippen LogP contribution in [0.15, 0.2) is 48.6 Å². The average molecular weight is 789 g/mol. The second-order valence-corrected chi connectivity index (χ2v) is 18.9. The van der Waals surface area contributed by atoms with Gasteiger partial charge in [-0.15, -0.1) is 0 Å². The zero-order chi connectivity index (χ0) is 38.3. The van der Waals surface area contributed by atoms with Crippen molar-refractivity contribution in [3.05, 3.63) is 70.3 Å². The van der Waals surface area contributed by atoms with Crippen molar-refractivity contribution in [2.45, 2.75) is 94.6 Å². The highest BCUT2D eigenvalue weighted by Gasteiger charge is 2.50. The van der Waals surface area contributed by atoms with Crippen LogP contribution < -0.4 is 14.4 Å². The average Bonchev–Trinajstić information content (AvgIpc) is 3.14. The van der Waals surface area contributed by atoms with Crippen molar-refractivity contribution in [2.24, 2.45) is 17.8 Å². The number of nitrogens with zero attached hydrogens (tertiary/aromatic N) is 3. The van der Waals surface area contributed by atoms with Gasteiger partial charge in [0.05, 0.1) is 10.9 Å². The molecular weight excluding hydrogens is 734 g/mol. The van der Waals surface area contributed by atoms with Crippen molar-refractivity contribution >= 4 is 33.2 Å². The highest BCUT2D eigenvalue weighted by molar-refractivity contribution is 7.90. The number of fused-ring (bicyclic) bond motifs is 4. The van der Waals surface area contributed by atoms with Crippen molar-refractivity contribution in [1.82, 2.24) is 14.5 Å². The molecule has 6 atom stereocenters. The highest BCUT2D eigenvalue weighted by Crippen LogP contribution is 2.47. The molecule has 1 saturated carbocycles. The SMILES string of the molecule is CO[C@]1(CN2CCN3CCC(F)(F)C[C@@H]3C2)/C=C\C[C@H](C)[C@@H](C)S(=O)(=O)NC(=O)c2ccc3c(c2)N(CCCCc2cc(Cl)ccc2CO3)C[C@@H]2CC[C@H]21. The number of anilines is 1. The summed E-state index contributed by atoms with van der Waals surface area (Å²) in [5.41, 5.74) is 2.51. The number of aryl methyl sites for hydroxylation is 1. The number of carbonyl (C=O) groups excluding carboxylic acids is 1. The number of piperidine rings is 1. The Kier molecular flexibility index (Phi) is 11.7. The van der Waals surface area contributed by atoms with Crippen molar-refractivity contribution in [2.75, 3.05) is 57.8 Å². The van der Waals surface area contributed by atoms with Gasteiger partial charge in [-0.25, -0.2) is 21.9 Å². The molecule has 0 spiro atoms. The second-order valence-electron chi connectivity index (χ2n) is 16.4. The van der Waals surface area contributed by atoms with Crippen molar-refractivity contribution in [3.8, 4) is 5.75 Å². The highest BCUT2D eigenvalue weighted by atomic mass is 35.5. The summed E-state index contributed by atoms with van der Waals surface area (Å²) in [6.07, 6.45) is 9.05. The minimum Gasteiger partial charge on any atom is -0.487 e. The lowest BCUT2D eigenvalue weighted by Crippen LogP contribution is -2.62. The van der Waals surface area contributed by atoms with Crippen LogP contribution in [-0.4, -0.2) is 99.9 Å². The van der Waals surface area contributed by atoms with Crippen molar-refractivity contribution in [1.29, 1.82) is 0 Å². The minimum atomic E-state index is -4.02. The molecule has 296 valence electrons. The molecule has 54 heavy (non-hydrogen) atoms. The predicted molar refractivity (Wildman–Crippen MR) is 208 cm³/mol. The summed E-state index contributed by atoms with van der Waals surface area (Å²) in [7, 11) is -2.26.